The molecular formula is C21H24FN3O2. The third-order valence-corrected chi connectivity index (χ3v) is 5.09. The molecule has 1 aromatic carbocycles. The summed E-state index contributed by atoms with van der Waals surface area (Å²) in [4.78, 5) is 19.6. The van der Waals surface area contributed by atoms with Crippen molar-refractivity contribution in [3.05, 3.63) is 53.0 Å². The van der Waals surface area contributed by atoms with Crippen LogP contribution in [0.4, 0.5) is 10.1 Å². The van der Waals surface area contributed by atoms with Crippen LogP contribution in [0.15, 0.2) is 30.3 Å². The van der Waals surface area contributed by atoms with Gasteiger partial charge in [0.15, 0.2) is 0 Å². The molecule has 0 radical (unpaired) electrons. The van der Waals surface area contributed by atoms with Gasteiger partial charge < -0.3 is 15.0 Å². The molecule has 1 amide bonds. The van der Waals surface area contributed by atoms with E-state index in [1.54, 1.807) is 12.1 Å². The van der Waals surface area contributed by atoms with E-state index in [0.29, 0.717) is 24.6 Å². The van der Waals surface area contributed by atoms with E-state index in [9.17, 15) is 9.18 Å². The highest BCUT2D eigenvalue weighted by molar-refractivity contribution is 5.94. The molecule has 0 spiro atoms. The Hall–Kier alpha value is -2.63. The number of amides is 1. The van der Waals surface area contributed by atoms with E-state index in [1.807, 2.05) is 17.9 Å². The lowest BCUT2D eigenvalue weighted by Gasteiger charge is -2.29. The largest absolute Gasteiger partial charge is 0.474 e. The van der Waals surface area contributed by atoms with Crippen LogP contribution in [0.25, 0.3) is 0 Å². The van der Waals surface area contributed by atoms with Gasteiger partial charge >= 0.3 is 0 Å². The first kappa shape index (κ1) is 17.8. The zero-order valence-corrected chi connectivity index (χ0v) is 15.5. The van der Waals surface area contributed by atoms with Crippen molar-refractivity contribution in [3.8, 4) is 5.88 Å². The number of piperidine rings is 1. The minimum absolute atomic E-state index is 0.0446. The van der Waals surface area contributed by atoms with Gasteiger partial charge in [0, 0.05) is 13.1 Å². The van der Waals surface area contributed by atoms with Crippen molar-refractivity contribution in [1.29, 1.82) is 0 Å². The Bertz CT molecular complexity index is 832. The second-order valence-electron chi connectivity index (χ2n) is 7.36. The molecule has 2 aromatic rings. The first-order chi connectivity index (χ1) is 13.1. The van der Waals surface area contributed by atoms with Gasteiger partial charge in [-0.3, -0.25) is 4.79 Å². The number of pyridine rings is 1. The summed E-state index contributed by atoms with van der Waals surface area (Å²) < 4.78 is 19.0. The van der Waals surface area contributed by atoms with Crippen LogP contribution in [-0.4, -0.2) is 41.5 Å². The summed E-state index contributed by atoms with van der Waals surface area (Å²) in [7, 11) is 0. The van der Waals surface area contributed by atoms with Crippen LogP contribution < -0.4 is 10.1 Å². The lowest BCUT2D eigenvalue weighted by Crippen LogP contribution is -2.37. The number of anilines is 1. The van der Waals surface area contributed by atoms with Gasteiger partial charge in [-0.15, -0.1) is 0 Å². The van der Waals surface area contributed by atoms with Crippen molar-refractivity contribution in [3.63, 3.8) is 0 Å². The normalized spacial score (nSPS) is 19.0. The van der Waals surface area contributed by atoms with Crippen LogP contribution in [0.5, 0.6) is 5.88 Å². The van der Waals surface area contributed by atoms with Gasteiger partial charge in [0.25, 0.3) is 5.91 Å². The van der Waals surface area contributed by atoms with Gasteiger partial charge in [0.2, 0.25) is 5.88 Å². The van der Waals surface area contributed by atoms with Crippen molar-refractivity contribution in [2.24, 2.45) is 0 Å². The summed E-state index contributed by atoms with van der Waals surface area (Å²) in [6.07, 6.45) is 3.74. The van der Waals surface area contributed by atoms with Gasteiger partial charge in [-0.25, -0.2) is 9.37 Å². The Kier molecular flexibility index (Phi) is 4.97. The number of halogens is 1. The molecule has 1 N–H and O–H groups in total. The third kappa shape index (κ3) is 3.89. The summed E-state index contributed by atoms with van der Waals surface area (Å²) >= 11 is 0. The fourth-order valence-electron chi connectivity index (χ4n) is 3.65. The number of aromatic nitrogens is 1. The minimum Gasteiger partial charge on any atom is -0.474 e. The Morgan fingerprint density at radius 2 is 2.00 bits per heavy atom. The lowest BCUT2D eigenvalue weighted by atomic mass is 10.0. The molecule has 0 unspecified atom stereocenters. The highest BCUT2D eigenvalue weighted by Crippen LogP contribution is 2.31. The Labute approximate surface area is 158 Å². The molecule has 0 bridgehead atoms. The summed E-state index contributed by atoms with van der Waals surface area (Å²) in [6.45, 7) is 4.09. The predicted molar refractivity (Wildman–Crippen MR) is 102 cm³/mol. The highest BCUT2D eigenvalue weighted by atomic mass is 19.1. The van der Waals surface area contributed by atoms with E-state index in [2.05, 4.69) is 10.3 Å². The van der Waals surface area contributed by atoms with Gasteiger partial charge in [-0.2, -0.15) is 0 Å². The smallest absolute Gasteiger partial charge is 0.272 e. The Morgan fingerprint density at radius 3 is 2.74 bits per heavy atom. The highest BCUT2D eigenvalue weighted by Gasteiger charge is 2.26. The first-order valence-corrected chi connectivity index (χ1v) is 9.57. The number of nitrogens with zero attached hydrogens (tertiary/aromatic N) is 2. The molecule has 5 nitrogen and oxygen atoms in total. The van der Waals surface area contributed by atoms with E-state index < -0.39 is 0 Å². The molecule has 0 aliphatic carbocycles. The number of carbonyl (C=O) groups excluding carboxylic acids is 1. The summed E-state index contributed by atoms with van der Waals surface area (Å²) in [5.74, 6) is 0.170. The third-order valence-electron chi connectivity index (χ3n) is 5.09. The molecule has 6 heteroatoms. The maximum atomic E-state index is 13.2. The van der Waals surface area contributed by atoms with Crippen LogP contribution in [0, 0.1) is 5.82 Å². The number of hydrogen-bond donors (Lipinski definition) is 1. The molecule has 0 saturated carbocycles. The number of ether oxygens (including phenoxy) is 1. The van der Waals surface area contributed by atoms with E-state index in [0.717, 1.165) is 49.2 Å². The van der Waals surface area contributed by atoms with Crippen LogP contribution in [0.2, 0.25) is 0 Å². The van der Waals surface area contributed by atoms with E-state index in [-0.39, 0.29) is 17.8 Å². The predicted octanol–water partition coefficient (Wildman–Crippen LogP) is 3.63. The molecule has 2 aliphatic rings. The number of hydrogen-bond acceptors (Lipinski definition) is 4. The molecule has 3 heterocycles. The van der Waals surface area contributed by atoms with Crippen molar-refractivity contribution in [2.45, 2.75) is 38.6 Å². The van der Waals surface area contributed by atoms with E-state index >= 15 is 0 Å². The number of rotatable bonds is 3. The maximum Gasteiger partial charge on any atom is 0.272 e. The average Bonchev–Trinajstić information content (AvgIpc) is 2.69. The SMILES string of the molecule is C[C@H]1COc2nc(C(=O)N3CCCCC3)c(Cc3ccc(F)cc3)cc2N1. The molecule has 1 fully saturated rings. The number of fused-ring (bicyclic) bond motifs is 1. The molecule has 27 heavy (non-hydrogen) atoms. The first-order valence-electron chi connectivity index (χ1n) is 9.57. The Balaban J connectivity index is 1.70. The fraction of sp³-hybridized carbons (Fsp3) is 0.429. The second kappa shape index (κ2) is 7.55. The van der Waals surface area contributed by atoms with Gasteiger partial charge in [-0.1, -0.05) is 12.1 Å². The summed E-state index contributed by atoms with van der Waals surface area (Å²) in [5, 5.41) is 3.37. The fourth-order valence-corrected chi connectivity index (χ4v) is 3.65. The van der Waals surface area contributed by atoms with E-state index in [1.165, 1.54) is 12.1 Å². The Morgan fingerprint density at radius 1 is 1.26 bits per heavy atom. The molecule has 1 atom stereocenters. The van der Waals surface area contributed by atoms with Crippen LogP contribution >= 0.6 is 0 Å². The zero-order valence-electron chi connectivity index (χ0n) is 15.5. The lowest BCUT2D eigenvalue weighted by molar-refractivity contribution is 0.0716. The van der Waals surface area contributed by atoms with Crippen molar-refractivity contribution < 1.29 is 13.9 Å². The van der Waals surface area contributed by atoms with Crippen LogP contribution in [0.1, 0.15) is 47.8 Å². The standard InChI is InChI=1S/C21H24FN3O2/c1-14-13-27-20-18(23-14)12-16(11-15-5-7-17(22)8-6-15)19(24-20)21(26)25-9-3-2-4-10-25/h5-8,12,14,23H,2-4,9-11,13H2,1H3/t14-/m0/s1. The zero-order chi connectivity index (χ0) is 18.8. The van der Waals surface area contributed by atoms with Crippen molar-refractivity contribution >= 4 is 11.6 Å². The van der Waals surface area contributed by atoms with Crippen LogP contribution in [0.3, 0.4) is 0 Å². The number of benzene rings is 1. The minimum atomic E-state index is -0.268. The molecule has 2 aliphatic heterocycles. The number of carbonyl (C=O) groups is 1. The molecule has 4 rings (SSSR count). The van der Waals surface area contributed by atoms with Gasteiger partial charge in [0.1, 0.15) is 18.1 Å². The number of likely N-dealkylation sites (tertiary alicyclic amines) is 1. The number of nitrogens with one attached hydrogen (secondary N) is 1. The molecule has 1 aromatic heterocycles. The molecular weight excluding hydrogens is 345 g/mol. The monoisotopic (exact) mass is 369 g/mol. The topological polar surface area (TPSA) is 54.5 Å². The summed E-state index contributed by atoms with van der Waals surface area (Å²) in [5.41, 5.74) is 3.02. The van der Waals surface area contributed by atoms with E-state index in [4.69, 9.17) is 4.74 Å². The summed E-state index contributed by atoms with van der Waals surface area (Å²) in [6, 6.07) is 8.51. The molecule has 142 valence electrons. The molecule has 1 saturated heterocycles. The maximum absolute atomic E-state index is 13.2. The van der Waals surface area contributed by atoms with Crippen molar-refractivity contribution in [2.75, 3.05) is 25.0 Å². The van der Waals surface area contributed by atoms with Gasteiger partial charge in [0.05, 0.1) is 11.7 Å². The second-order valence-corrected chi connectivity index (χ2v) is 7.36. The van der Waals surface area contributed by atoms with Crippen molar-refractivity contribution in [1.82, 2.24) is 9.88 Å². The average molecular weight is 369 g/mol. The van der Waals surface area contributed by atoms with Crippen LogP contribution in [-0.2, 0) is 6.42 Å². The van der Waals surface area contributed by atoms with Gasteiger partial charge in [-0.05, 0) is 61.9 Å². The quantitative estimate of drug-likeness (QED) is 0.898.